The average molecular weight is 333 g/mol. The van der Waals surface area contributed by atoms with Gasteiger partial charge in [0.05, 0.1) is 4.90 Å². The lowest BCUT2D eigenvalue weighted by atomic mass is 10.2. The molecule has 0 unspecified atom stereocenters. The summed E-state index contributed by atoms with van der Waals surface area (Å²) in [5.74, 6) is 0. The van der Waals surface area contributed by atoms with Crippen LogP contribution in [-0.4, -0.2) is 27.5 Å². The second-order valence-corrected chi connectivity index (χ2v) is 7.17. The molecule has 1 heterocycles. The summed E-state index contributed by atoms with van der Waals surface area (Å²) in [5, 5.41) is 3.27. The van der Waals surface area contributed by atoms with E-state index in [4.69, 9.17) is 0 Å². The fourth-order valence-corrected chi connectivity index (χ4v) is 4.31. The van der Waals surface area contributed by atoms with Crippen molar-refractivity contribution in [3.05, 3.63) is 28.2 Å². The van der Waals surface area contributed by atoms with Crippen molar-refractivity contribution < 1.29 is 8.42 Å². The van der Waals surface area contributed by atoms with Crippen molar-refractivity contribution in [1.82, 2.24) is 10.0 Å². The van der Waals surface area contributed by atoms with E-state index in [1.54, 1.807) is 12.1 Å². The molecule has 1 aromatic rings. The first kappa shape index (κ1) is 14.0. The Labute approximate surface area is 116 Å². The zero-order chi connectivity index (χ0) is 13.2. The molecule has 1 aliphatic rings. The average Bonchev–Trinajstić information content (AvgIpc) is 2.78. The van der Waals surface area contributed by atoms with Crippen molar-refractivity contribution in [2.75, 3.05) is 13.1 Å². The van der Waals surface area contributed by atoms with Crippen LogP contribution in [0.25, 0.3) is 0 Å². The molecule has 2 rings (SSSR count). The van der Waals surface area contributed by atoms with Gasteiger partial charge >= 0.3 is 0 Å². The van der Waals surface area contributed by atoms with E-state index in [-0.39, 0.29) is 6.04 Å². The Morgan fingerprint density at radius 2 is 2.28 bits per heavy atom. The second kappa shape index (κ2) is 5.69. The van der Waals surface area contributed by atoms with Gasteiger partial charge in [0.1, 0.15) is 0 Å². The van der Waals surface area contributed by atoms with Crippen LogP contribution in [0.5, 0.6) is 0 Å². The Morgan fingerprint density at radius 1 is 1.50 bits per heavy atom. The molecule has 0 radical (unpaired) electrons. The number of nitrogens with one attached hydrogen (secondary N) is 2. The highest BCUT2D eigenvalue weighted by Crippen LogP contribution is 2.22. The number of hydrogen-bond donors (Lipinski definition) is 2. The Hall–Kier alpha value is -0.430. The highest BCUT2D eigenvalue weighted by Gasteiger charge is 2.20. The molecule has 0 spiro atoms. The maximum absolute atomic E-state index is 12.2. The first-order valence-corrected chi connectivity index (χ1v) is 8.26. The molecule has 18 heavy (non-hydrogen) atoms. The molecule has 0 bridgehead atoms. The summed E-state index contributed by atoms with van der Waals surface area (Å²) >= 11 is 3.30. The molecule has 0 aliphatic carbocycles. The van der Waals surface area contributed by atoms with E-state index in [1.165, 1.54) is 0 Å². The normalized spacial score (nSPS) is 20.2. The summed E-state index contributed by atoms with van der Waals surface area (Å²) in [6, 6.07) is 5.49. The first-order chi connectivity index (χ1) is 8.49. The molecule has 6 heteroatoms. The second-order valence-electron chi connectivity index (χ2n) is 4.58. The third-order valence-electron chi connectivity index (χ3n) is 3.06. The topological polar surface area (TPSA) is 58.2 Å². The van der Waals surface area contributed by atoms with E-state index in [0.717, 1.165) is 24.9 Å². The summed E-state index contributed by atoms with van der Waals surface area (Å²) in [4.78, 5) is 0.297. The Morgan fingerprint density at radius 3 is 2.89 bits per heavy atom. The van der Waals surface area contributed by atoms with E-state index >= 15 is 0 Å². The molecular weight excluding hydrogens is 316 g/mol. The van der Waals surface area contributed by atoms with Crippen molar-refractivity contribution >= 4 is 26.0 Å². The molecule has 4 nitrogen and oxygen atoms in total. The van der Waals surface area contributed by atoms with Gasteiger partial charge in [-0.2, -0.15) is 0 Å². The fraction of sp³-hybridized carbons (Fsp3) is 0.500. The third-order valence-corrected chi connectivity index (χ3v) is 5.46. The third kappa shape index (κ3) is 3.32. The Kier molecular flexibility index (Phi) is 4.42. The highest BCUT2D eigenvalue weighted by molar-refractivity contribution is 9.10. The van der Waals surface area contributed by atoms with E-state index in [9.17, 15) is 8.42 Å². The van der Waals surface area contributed by atoms with Crippen molar-refractivity contribution in [2.24, 2.45) is 0 Å². The molecule has 0 aromatic heterocycles. The van der Waals surface area contributed by atoms with Gasteiger partial charge in [-0.15, -0.1) is 0 Å². The number of hydrogen-bond acceptors (Lipinski definition) is 3. The van der Waals surface area contributed by atoms with E-state index in [1.807, 2.05) is 13.0 Å². The number of sulfonamides is 1. The van der Waals surface area contributed by atoms with Gasteiger partial charge in [0.2, 0.25) is 10.0 Å². The Balaban J connectivity index is 2.09. The number of aryl methyl sites for hydroxylation is 1. The van der Waals surface area contributed by atoms with Crippen molar-refractivity contribution in [3.63, 3.8) is 0 Å². The van der Waals surface area contributed by atoms with Gasteiger partial charge in [0, 0.05) is 17.1 Å². The van der Waals surface area contributed by atoms with Gasteiger partial charge in [0.15, 0.2) is 0 Å². The Bertz CT molecular complexity index is 525. The molecule has 1 aromatic carbocycles. The van der Waals surface area contributed by atoms with Crippen LogP contribution >= 0.6 is 15.9 Å². The van der Waals surface area contributed by atoms with E-state index in [0.29, 0.717) is 15.9 Å². The minimum Gasteiger partial charge on any atom is -0.313 e. The standard InChI is InChI=1S/C12H17BrN2O2S/c1-9-4-5-12(11(13)7-9)18(16,17)15-8-10-3-2-6-14-10/h4-5,7,10,14-15H,2-3,6,8H2,1H3/t10-/m1/s1. The highest BCUT2D eigenvalue weighted by atomic mass is 79.9. The number of benzene rings is 1. The zero-order valence-corrected chi connectivity index (χ0v) is 12.6. The predicted molar refractivity (Wildman–Crippen MR) is 75.1 cm³/mol. The number of halogens is 1. The van der Waals surface area contributed by atoms with Gasteiger partial charge in [-0.25, -0.2) is 13.1 Å². The van der Waals surface area contributed by atoms with Crippen LogP contribution in [0.3, 0.4) is 0 Å². The quantitative estimate of drug-likeness (QED) is 0.883. The molecule has 0 saturated carbocycles. The monoisotopic (exact) mass is 332 g/mol. The molecule has 100 valence electrons. The van der Waals surface area contributed by atoms with Crippen LogP contribution in [0, 0.1) is 6.92 Å². The summed E-state index contributed by atoms with van der Waals surface area (Å²) in [6.45, 7) is 3.35. The summed E-state index contributed by atoms with van der Waals surface area (Å²) in [6.07, 6.45) is 2.14. The molecule has 1 saturated heterocycles. The maximum atomic E-state index is 12.2. The fourth-order valence-electron chi connectivity index (χ4n) is 2.04. The molecule has 2 N–H and O–H groups in total. The van der Waals surface area contributed by atoms with Gasteiger partial charge < -0.3 is 5.32 Å². The lowest BCUT2D eigenvalue weighted by Gasteiger charge is -2.13. The predicted octanol–water partition coefficient (Wildman–Crippen LogP) is 1.79. The molecular formula is C12H17BrN2O2S. The summed E-state index contributed by atoms with van der Waals surface area (Å²) < 4.78 is 27.6. The van der Waals surface area contributed by atoms with E-state index < -0.39 is 10.0 Å². The van der Waals surface area contributed by atoms with Crippen molar-refractivity contribution in [2.45, 2.75) is 30.7 Å². The van der Waals surface area contributed by atoms with Crippen LogP contribution in [-0.2, 0) is 10.0 Å². The SMILES string of the molecule is Cc1ccc(S(=O)(=O)NC[C@H]2CCCN2)c(Br)c1. The summed E-state index contributed by atoms with van der Waals surface area (Å²) in [5.41, 5.74) is 1.03. The van der Waals surface area contributed by atoms with Crippen molar-refractivity contribution in [1.29, 1.82) is 0 Å². The zero-order valence-electron chi connectivity index (χ0n) is 10.2. The van der Waals surface area contributed by atoms with Gasteiger partial charge in [-0.1, -0.05) is 6.07 Å². The molecule has 1 aliphatic heterocycles. The lowest BCUT2D eigenvalue weighted by Crippen LogP contribution is -2.37. The minimum atomic E-state index is -3.43. The van der Waals surface area contributed by atoms with Crippen LogP contribution in [0.15, 0.2) is 27.6 Å². The molecule has 1 fully saturated rings. The summed E-state index contributed by atoms with van der Waals surface area (Å²) in [7, 11) is -3.43. The number of rotatable bonds is 4. The van der Waals surface area contributed by atoms with Crippen molar-refractivity contribution in [3.8, 4) is 0 Å². The lowest BCUT2D eigenvalue weighted by molar-refractivity contribution is 0.551. The first-order valence-electron chi connectivity index (χ1n) is 5.98. The van der Waals surface area contributed by atoms with Gasteiger partial charge in [0.25, 0.3) is 0 Å². The van der Waals surface area contributed by atoms with E-state index in [2.05, 4.69) is 26.0 Å². The smallest absolute Gasteiger partial charge is 0.241 e. The molecule has 1 atom stereocenters. The van der Waals surface area contributed by atoms with Crippen LogP contribution in [0.1, 0.15) is 18.4 Å². The molecule has 0 amide bonds. The van der Waals surface area contributed by atoms with Crippen LogP contribution < -0.4 is 10.0 Å². The van der Waals surface area contributed by atoms with Gasteiger partial charge in [-0.05, 0) is 59.9 Å². The van der Waals surface area contributed by atoms with Crippen LogP contribution in [0.4, 0.5) is 0 Å². The van der Waals surface area contributed by atoms with Crippen LogP contribution in [0.2, 0.25) is 0 Å². The minimum absolute atomic E-state index is 0.254. The maximum Gasteiger partial charge on any atom is 0.241 e. The van der Waals surface area contributed by atoms with Gasteiger partial charge in [-0.3, -0.25) is 0 Å². The largest absolute Gasteiger partial charge is 0.313 e.